The Balaban J connectivity index is 2.95. The van der Waals surface area contributed by atoms with Gasteiger partial charge in [0.1, 0.15) is 11.3 Å². The fourth-order valence-electron chi connectivity index (χ4n) is 1.22. The lowest BCUT2D eigenvalue weighted by Crippen LogP contribution is -2.28. The minimum Gasteiger partial charge on any atom is -0.455 e. The summed E-state index contributed by atoms with van der Waals surface area (Å²) in [6.45, 7) is 5.32. The third-order valence-corrected chi connectivity index (χ3v) is 1.99. The van der Waals surface area contributed by atoms with Crippen molar-refractivity contribution in [3.63, 3.8) is 0 Å². The van der Waals surface area contributed by atoms with Crippen LogP contribution in [-0.4, -0.2) is 11.6 Å². The number of rotatable bonds is 2. The summed E-state index contributed by atoms with van der Waals surface area (Å²) >= 11 is 0. The van der Waals surface area contributed by atoms with Crippen molar-refractivity contribution < 1.29 is 9.53 Å². The SMILES string of the molecule is CC(C)(C)OC(=O)/C(N)=C(\N)c1ccccc1. The summed E-state index contributed by atoms with van der Waals surface area (Å²) in [4.78, 5) is 11.7. The molecular weight excluding hydrogens is 216 g/mol. The molecule has 4 heteroatoms. The first-order valence-corrected chi connectivity index (χ1v) is 5.35. The number of benzene rings is 1. The molecule has 0 bridgehead atoms. The highest BCUT2D eigenvalue weighted by Gasteiger charge is 2.20. The van der Waals surface area contributed by atoms with E-state index in [2.05, 4.69) is 0 Å². The van der Waals surface area contributed by atoms with E-state index in [1.165, 1.54) is 0 Å². The Labute approximate surface area is 101 Å². The van der Waals surface area contributed by atoms with E-state index in [9.17, 15) is 4.79 Å². The number of ether oxygens (including phenoxy) is 1. The average Bonchev–Trinajstić information content (AvgIpc) is 2.26. The summed E-state index contributed by atoms with van der Waals surface area (Å²) < 4.78 is 5.14. The Morgan fingerprint density at radius 2 is 1.65 bits per heavy atom. The molecule has 4 nitrogen and oxygen atoms in total. The number of hydrogen-bond donors (Lipinski definition) is 2. The lowest BCUT2D eigenvalue weighted by molar-refractivity contribution is -0.149. The molecule has 0 aliphatic rings. The van der Waals surface area contributed by atoms with Crippen molar-refractivity contribution in [1.82, 2.24) is 0 Å². The molecule has 0 saturated carbocycles. The summed E-state index contributed by atoms with van der Waals surface area (Å²) in [6.07, 6.45) is 0. The van der Waals surface area contributed by atoms with Gasteiger partial charge in [0.2, 0.25) is 0 Å². The largest absolute Gasteiger partial charge is 0.455 e. The standard InChI is InChI=1S/C13H18N2O2/c1-13(2,3)17-12(16)11(15)10(14)9-7-5-4-6-8-9/h4-8H,14-15H2,1-3H3/b11-10+. The molecular formula is C13H18N2O2. The van der Waals surface area contributed by atoms with Crippen molar-refractivity contribution in [1.29, 1.82) is 0 Å². The van der Waals surface area contributed by atoms with Crippen LogP contribution in [0.4, 0.5) is 0 Å². The lowest BCUT2D eigenvalue weighted by Gasteiger charge is -2.20. The Kier molecular flexibility index (Phi) is 3.78. The zero-order chi connectivity index (χ0) is 13.1. The second kappa shape index (κ2) is 4.91. The molecule has 0 fully saturated rings. The number of carbonyl (C=O) groups is 1. The van der Waals surface area contributed by atoms with Crippen LogP contribution in [0.15, 0.2) is 36.0 Å². The zero-order valence-electron chi connectivity index (χ0n) is 10.4. The van der Waals surface area contributed by atoms with Gasteiger partial charge in [0.25, 0.3) is 0 Å². The van der Waals surface area contributed by atoms with Gasteiger partial charge in [-0.2, -0.15) is 0 Å². The van der Waals surface area contributed by atoms with Gasteiger partial charge in [0.05, 0.1) is 5.70 Å². The fraction of sp³-hybridized carbons (Fsp3) is 0.308. The van der Waals surface area contributed by atoms with Crippen LogP contribution in [0.25, 0.3) is 5.70 Å². The summed E-state index contributed by atoms with van der Waals surface area (Å²) in [6, 6.07) is 9.08. The van der Waals surface area contributed by atoms with Gasteiger partial charge >= 0.3 is 5.97 Å². The molecule has 4 N–H and O–H groups in total. The van der Waals surface area contributed by atoms with Crippen molar-refractivity contribution in [3.8, 4) is 0 Å². The van der Waals surface area contributed by atoms with Gasteiger partial charge < -0.3 is 16.2 Å². The van der Waals surface area contributed by atoms with Crippen molar-refractivity contribution in [2.24, 2.45) is 11.5 Å². The predicted octanol–water partition coefficient (Wildman–Crippen LogP) is 1.61. The molecule has 92 valence electrons. The minimum atomic E-state index is -0.598. The van der Waals surface area contributed by atoms with E-state index in [0.717, 1.165) is 0 Å². The molecule has 0 saturated heterocycles. The zero-order valence-corrected chi connectivity index (χ0v) is 10.4. The first-order chi connectivity index (χ1) is 7.81. The molecule has 17 heavy (non-hydrogen) atoms. The van der Waals surface area contributed by atoms with Crippen LogP contribution in [-0.2, 0) is 9.53 Å². The van der Waals surface area contributed by atoms with Crippen LogP contribution < -0.4 is 11.5 Å². The molecule has 0 heterocycles. The quantitative estimate of drug-likeness (QED) is 0.602. The van der Waals surface area contributed by atoms with E-state index in [-0.39, 0.29) is 11.4 Å². The van der Waals surface area contributed by atoms with Crippen LogP contribution in [0.5, 0.6) is 0 Å². The second-order valence-corrected chi connectivity index (χ2v) is 4.70. The van der Waals surface area contributed by atoms with Gasteiger partial charge in [0.15, 0.2) is 0 Å². The normalized spacial score (nSPS) is 12.9. The molecule has 1 aromatic carbocycles. The Morgan fingerprint density at radius 3 is 2.12 bits per heavy atom. The molecule has 1 aromatic rings. The summed E-state index contributed by atoms with van der Waals surface area (Å²) in [7, 11) is 0. The fourth-order valence-corrected chi connectivity index (χ4v) is 1.22. The van der Waals surface area contributed by atoms with Crippen molar-refractivity contribution in [2.75, 3.05) is 0 Å². The third kappa shape index (κ3) is 3.83. The second-order valence-electron chi connectivity index (χ2n) is 4.70. The van der Waals surface area contributed by atoms with Crippen LogP contribution in [0.2, 0.25) is 0 Å². The highest BCUT2D eigenvalue weighted by Crippen LogP contribution is 2.14. The molecule has 0 amide bonds. The molecule has 0 aromatic heterocycles. The molecule has 0 spiro atoms. The number of nitrogens with two attached hydrogens (primary N) is 2. The average molecular weight is 234 g/mol. The van der Waals surface area contributed by atoms with Crippen LogP contribution >= 0.6 is 0 Å². The lowest BCUT2D eigenvalue weighted by atomic mass is 10.1. The maximum absolute atomic E-state index is 11.7. The van der Waals surface area contributed by atoms with Crippen LogP contribution in [0.3, 0.4) is 0 Å². The van der Waals surface area contributed by atoms with E-state index in [1.807, 2.05) is 18.2 Å². The Hall–Kier alpha value is -1.97. The highest BCUT2D eigenvalue weighted by atomic mass is 16.6. The third-order valence-electron chi connectivity index (χ3n) is 1.99. The minimum absolute atomic E-state index is 0.0638. The van der Waals surface area contributed by atoms with Gasteiger partial charge in [0, 0.05) is 0 Å². The Bertz CT molecular complexity index is 430. The monoisotopic (exact) mass is 234 g/mol. The Morgan fingerprint density at radius 1 is 1.12 bits per heavy atom. The van der Waals surface area contributed by atoms with Gasteiger partial charge in [-0.1, -0.05) is 30.3 Å². The van der Waals surface area contributed by atoms with E-state index >= 15 is 0 Å². The van der Waals surface area contributed by atoms with E-state index in [4.69, 9.17) is 16.2 Å². The predicted molar refractivity (Wildman–Crippen MR) is 67.6 cm³/mol. The molecule has 0 aliphatic heterocycles. The van der Waals surface area contributed by atoms with Gasteiger partial charge in [-0.3, -0.25) is 0 Å². The summed E-state index contributed by atoms with van der Waals surface area (Å²) in [5.74, 6) is -0.598. The maximum Gasteiger partial charge on any atom is 0.356 e. The smallest absolute Gasteiger partial charge is 0.356 e. The highest BCUT2D eigenvalue weighted by molar-refractivity contribution is 5.96. The van der Waals surface area contributed by atoms with Gasteiger partial charge in [-0.15, -0.1) is 0 Å². The van der Waals surface area contributed by atoms with E-state index < -0.39 is 11.6 Å². The van der Waals surface area contributed by atoms with Crippen molar-refractivity contribution in [2.45, 2.75) is 26.4 Å². The van der Waals surface area contributed by atoms with Gasteiger partial charge in [-0.05, 0) is 26.3 Å². The van der Waals surface area contributed by atoms with E-state index in [0.29, 0.717) is 5.56 Å². The van der Waals surface area contributed by atoms with Gasteiger partial charge in [-0.25, -0.2) is 4.79 Å². The van der Waals surface area contributed by atoms with Crippen molar-refractivity contribution in [3.05, 3.63) is 41.6 Å². The summed E-state index contributed by atoms with van der Waals surface area (Å²) in [5, 5.41) is 0. The first kappa shape index (κ1) is 13.1. The number of carbonyl (C=O) groups excluding carboxylic acids is 1. The van der Waals surface area contributed by atoms with Crippen molar-refractivity contribution >= 4 is 11.7 Å². The molecule has 0 atom stereocenters. The first-order valence-electron chi connectivity index (χ1n) is 5.35. The van der Waals surface area contributed by atoms with Crippen LogP contribution in [0.1, 0.15) is 26.3 Å². The number of esters is 1. The summed E-state index contributed by atoms with van der Waals surface area (Å²) in [5.41, 5.74) is 11.8. The molecule has 0 aliphatic carbocycles. The number of hydrogen-bond acceptors (Lipinski definition) is 4. The topological polar surface area (TPSA) is 78.3 Å². The van der Waals surface area contributed by atoms with Crippen LogP contribution in [0, 0.1) is 0 Å². The molecule has 1 rings (SSSR count). The molecule has 0 radical (unpaired) electrons. The maximum atomic E-state index is 11.7. The van der Waals surface area contributed by atoms with E-state index in [1.54, 1.807) is 32.9 Å². The molecule has 0 unspecified atom stereocenters.